The number of Topliss-reactive ketones (excluding diaryl/α,β-unsaturated/α-hetero) is 1. The number of nitrogens with zero attached hydrogens (tertiary/aromatic N) is 4. The van der Waals surface area contributed by atoms with Gasteiger partial charge in [0.1, 0.15) is 21.3 Å². The van der Waals surface area contributed by atoms with E-state index in [-0.39, 0.29) is 38.9 Å². The van der Waals surface area contributed by atoms with Crippen LogP contribution in [0.4, 0.5) is 5.69 Å². The van der Waals surface area contributed by atoms with E-state index < -0.39 is 70.2 Å². The number of phenolic OH excluding ortho intramolecular Hbond substituents is 1. The van der Waals surface area contributed by atoms with Crippen LogP contribution in [-0.2, 0) is 20.2 Å². The molecule has 0 aromatic heterocycles. The van der Waals surface area contributed by atoms with Gasteiger partial charge in [-0.1, -0.05) is 54.6 Å². The number of benzene rings is 5. The Kier molecular flexibility index (Phi) is 8.02. The first-order valence-electron chi connectivity index (χ1n) is 13.9. The van der Waals surface area contributed by atoms with Gasteiger partial charge in [-0.3, -0.25) is 9.59 Å². The average molecular weight is 695 g/mol. The van der Waals surface area contributed by atoms with Crippen molar-refractivity contribution in [1.82, 2.24) is 0 Å². The number of hydrogen-bond acceptors (Lipinski definition) is 11. The quantitative estimate of drug-likeness (QED) is 0.0766. The number of fused-ring (bicyclic) bond motifs is 2. The molecule has 0 bridgehead atoms. The Balaban J connectivity index is 1.48. The predicted octanol–water partition coefficient (Wildman–Crippen LogP) is 4.75. The number of allylic oxidation sites excluding steroid dienone is 1. The Morgan fingerprint density at radius 2 is 1.49 bits per heavy atom. The Morgan fingerprint density at radius 3 is 2.20 bits per heavy atom. The maximum atomic E-state index is 13.8. The number of carbonyl (C=O) groups excluding carboxylic acids is 2. The van der Waals surface area contributed by atoms with Gasteiger partial charge in [0.15, 0.2) is 10.8 Å². The molecule has 16 heteroatoms. The third kappa shape index (κ3) is 5.66. The third-order valence-corrected chi connectivity index (χ3v) is 10.0. The van der Waals surface area contributed by atoms with Crippen LogP contribution in [0.3, 0.4) is 0 Å². The van der Waals surface area contributed by atoms with Gasteiger partial charge in [-0.2, -0.15) is 21.6 Å². The number of hydrogen-bond donors (Lipinski definition) is 1. The average Bonchev–Trinajstić information content (AvgIpc) is 3.10. The van der Waals surface area contributed by atoms with Crippen molar-refractivity contribution in [3.05, 3.63) is 130 Å². The van der Waals surface area contributed by atoms with Crippen molar-refractivity contribution < 1.29 is 49.8 Å². The zero-order valence-electron chi connectivity index (χ0n) is 24.5. The van der Waals surface area contributed by atoms with Gasteiger partial charge in [0.05, 0.1) is 5.56 Å². The minimum Gasteiger partial charge on any atom is -0.867 e. The Hall–Kier alpha value is -6.66. The van der Waals surface area contributed by atoms with E-state index in [1.807, 2.05) is 0 Å². The van der Waals surface area contributed by atoms with Crippen molar-refractivity contribution in [2.24, 2.45) is 0 Å². The highest BCUT2D eigenvalue weighted by molar-refractivity contribution is 7.87. The minimum absolute atomic E-state index is 0.0302. The fraction of sp³-hybridized carbons (Fsp3) is 0. The lowest BCUT2D eigenvalue weighted by molar-refractivity contribution is -0.270. The van der Waals surface area contributed by atoms with E-state index in [2.05, 4.69) is 9.77 Å². The zero-order chi connectivity index (χ0) is 35.1. The van der Waals surface area contributed by atoms with Gasteiger partial charge >= 0.3 is 31.6 Å². The Labute approximate surface area is 277 Å². The summed E-state index contributed by atoms with van der Waals surface area (Å²) in [5, 5.41) is 33.3. The summed E-state index contributed by atoms with van der Waals surface area (Å²) in [5.41, 5.74) is 7.67. The third-order valence-electron chi connectivity index (χ3n) is 7.43. The normalized spacial score (nSPS) is 12.6. The number of diazo groups is 1. The fourth-order valence-corrected chi connectivity index (χ4v) is 7.44. The molecule has 6 rings (SSSR count). The van der Waals surface area contributed by atoms with E-state index in [1.54, 1.807) is 6.07 Å². The van der Waals surface area contributed by atoms with Gasteiger partial charge < -0.3 is 24.1 Å². The molecule has 0 spiro atoms. The van der Waals surface area contributed by atoms with Crippen molar-refractivity contribution in [3.8, 4) is 23.0 Å². The Bertz CT molecular complexity index is 2610. The highest BCUT2D eigenvalue weighted by Gasteiger charge is 2.33. The number of phenols is 1. The summed E-state index contributed by atoms with van der Waals surface area (Å²) in [6.45, 7) is 0. The summed E-state index contributed by atoms with van der Waals surface area (Å²) < 4.78 is 65.0. The maximum Gasteiger partial charge on any atom is 0.426 e. The lowest BCUT2D eigenvalue weighted by Gasteiger charge is -2.22. The molecule has 242 valence electrons. The zero-order valence-corrected chi connectivity index (χ0v) is 26.2. The minimum atomic E-state index is -5.04. The van der Waals surface area contributed by atoms with E-state index in [1.165, 1.54) is 60.7 Å². The first kappa shape index (κ1) is 32.3. The van der Waals surface area contributed by atoms with Gasteiger partial charge in [-0.05, 0) is 42.2 Å². The maximum absolute atomic E-state index is 13.8. The molecular formula is C33H18N4O10S2. The van der Waals surface area contributed by atoms with Crippen LogP contribution < -0.4 is 13.5 Å². The lowest BCUT2D eigenvalue weighted by Crippen LogP contribution is -2.21. The predicted molar refractivity (Wildman–Crippen MR) is 170 cm³/mol. The van der Waals surface area contributed by atoms with E-state index >= 15 is 0 Å². The molecule has 0 saturated heterocycles. The van der Waals surface area contributed by atoms with Gasteiger partial charge in [0, 0.05) is 39.6 Å². The SMILES string of the molecule is N#[N+]c1ccc2c(S(=O)(=O)Oc3ccc(C(=O)c4ccccc4)c(OS(=O)(=O)c4cccc5c4C=CC(=[N+]=[N-])C5=O)c3[O-])cccc2c1O. The van der Waals surface area contributed by atoms with Crippen LogP contribution in [0.25, 0.3) is 27.4 Å². The molecular weight excluding hydrogens is 677 g/mol. The van der Waals surface area contributed by atoms with Gasteiger partial charge in [0.25, 0.3) is 5.78 Å². The van der Waals surface area contributed by atoms with E-state index in [9.17, 15) is 36.6 Å². The van der Waals surface area contributed by atoms with Crippen LogP contribution in [-0.4, -0.2) is 44.0 Å². The molecule has 0 saturated carbocycles. The summed E-state index contributed by atoms with van der Waals surface area (Å²) >= 11 is 0. The molecule has 0 fully saturated rings. The molecule has 5 aromatic carbocycles. The highest BCUT2D eigenvalue weighted by atomic mass is 32.2. The van der Waals surface area contributed by atoms with Crippen LogP contribution in [0.1, 0.15) is 31.8 Å². The summed E-state index contributed by atoms with van der Waals surface area (Å²) in [6, 6.07) is 18.9. The monoisotopic (exact) mass is 694 g/mol. The second kappa shape index (κ2) is 12.2. The van der Waals surface area contributed by atoms with Gasteiger partial charge in [0.2, 0.25) is 11.1 Å². The second-order valence-corrected chi connectivity index (χ2v) is 13.3. The topological polar surface area (TPSA) is 229 Å². The molecule has 0 atom stereocenters. The second-order valence-electron chi connectivity index (χ2n) is 10.3. The van der Waals surface area contributed by atoms with Crippen LogP contribution in [0.2, 0.25) is 0 Å². The number of ketones is 2. The van der Waals surface area contributed by atoms with Gasteiger partial charge in [-0.15, -0.1) is 0 Å². The molecule has 5 aromatic rings. The Morgan fingerprint density at radius 1 is 0.796 bits per heavy atom. The lowest BCUT2D eigenvalue weighted by atomic mass is 9.95. The summed E-state index contributed by atoms with van der Waals surface area (Å²) in [5.74, 6) is -5.64. The smallest absolute Gasteiger partial charge is 0.426 e. The van der Waals surface area contributed by atoms with E-state index in [4.69, 9.17) is 19.3 Å². The summed E-state index contributed by atoms with van der Waals surface area (Å²) in [7, 11) is -9.93. The molecule has 1 aliphatic rings. The largest absolute Gasteiger partial charge is 0.867 e. The van der Waals surface area contributed by atoms with E-state index in [0.29, 0.717) is 0 Å². The number of carbonyl (C=O) groups is 2. The number of aromatic hydroxyl groups is 1. The summed E-state index contributed by atoms with van der Waals surface area (Å²) in [6.07, 6.45) is 2.25. The van der Waals surface area contributed by atoms with Crippen LogP contribution in [0.5, 0.6) is 23.0 Å². The van der Waals surface area contributed by atoms with Crippen LogP contribution in [0.15, 0.2) is 107 Å². The van der Waals surface area contributed by atoms with E-state index in [0.717, 1.165) is 36.4 Å². The van der Waals surface area contributed by atoms with Crippen LogP contribution >= 0.6 is 0 Å². The van der Waals surface area contributed by atoms with Crippen molar-refractivity contribution in [3.63, 3.8) is 0 Å². The fourth-order valence-electron chi connectivity index (χ4n) is 5.12. The first-order chi connectivity index (χ1) is 23.4. The first-order valence-corrected chi connectivity index (χ1v) is 16.7. The van der Waals surface area contributed by atoms with Crippen molar-refractivity contribution >= 4 is 60.1 Å². The van der Waals surface area contributed by atoms with Crippen LogP contribution in [0, 0.1) is 5.39 Å². The standard InChI is InChI=1S/C33H18N4O10S2/c34-36-24-15-12-19-21(30(24)39)8-4-10-27(19)48(42,43)46-26-17-14-23(29(38)18-6-2-1-3-7-18)33(32(26)41)47-49(44,45)28-11-5-9-22-20(28)13-16-25(37-35)31(22)40/h1-17H,(H-,39,41). The molecule has 49 heavy (non-hydrogen) atoms. The molecule has 1 aliphatic carbocycles. The van der Waals surface area contributed by atoms with Crippen molar-refractivity contribution in [2.45, 2.75) is 9.79 Å². The molecule has 0 unspecified atom stereocenters. The molecule has 0 amide bonds. The van der Waals surface area contributed by atoms with Gasteiger partial charge in [-0.25, -0.2) is 0 Å². The number of rotatable bonds is 8. The molecule has 0 radical (unpaired) electrons. The molecule has 14 nitrogen and oxygen atoms in total. The highest BCUT2D eigenvalue weighted by Crippen LogP contribution is 2.43. The van der Waals surface area contributed by atoms with Crippen molar-refractivity contribution in [2.75, 3.05) is 0 Å². The van der Waals surface area contributed by atoms with Crippen molar-refractivity contribution in [1.29, 1.82) is 5.39 Å². The molecule has 0 aliphatic heterocycles. The summed E-state index contributed by atoms with van der Waals surface area (Å²) in [4.78, 5) is 30.9. The molecule has 1 N–H and O–H groups in total. The molecule has 0 heterocycles.